The van der Waals surface area contributed by atoms with E-state index in [1.54, 1.807) is 27.7 Å². The maximum atomic E-state index is 17.3. The lowest BCUT2D eigenvalue weighted by Crippen LogP contribution is -2.71. The Hall–Kier alpha value is -0.670. The molecule has 182 valence electrons. The summed E-state index contributed by atoms with van der Waals surface area (Å²) in [5, 5.41) is 8.83. The van der Waals surface area contributed by atoms with Crippen molar-refractivity contribution < 1.29 is 33.0 Å². The molecule has 1 heterocycles. The average Bonchev–Trinajstić information content (AvgIpc) is 3.11. The molecule has 5 rings (SSSR count). The molecular weight excluding hydrogens is 522 g/mol. The third kappa shape index (κ3) is 2.73. The predicted molar refractivity (Wildman–Crippen MR) is 120 cm³/mol. The zero-order valence-corrected chi connectivity index (χ0v) is 21.3. The van der Waals surface area contributed by atoms with E-state index in [0.29, 0.717) is 5.57 Å². The number of halogens is 4. The van der Waals surface area contributed by atoms with Crippen LogP contribution < -0.4 is 0 Å². The Labute approximate surface area is 205 Å². The molecule has 10 atom stereocenters. The second-order valence-electron chi connectivity index (χ2n) is 11.1. The smallest absolute Gasteiger partial charge is 0.215 e. The fraction of sp³-hybridized carbons (Fsp3) is 0.750. The normalized spacial score (nSPS) is 52.9. The van der Waals surface area contributed by atoms with E-state index in [2.05, 4.69) is 15.9 Å². The van der Waals surface area contributed by atoms with Gasteiger partial charge >= 0.3 is 0 Å². The van der Waals surface area contributed by atoms with Gasteiger partial charge in [-0.25, -0.2) is 8.78 Å². The van der Waals surface area contributed by atoms with E-state index in [-0.39, 0.29) is 25.0 Å². The van der Waals surface area contributed by atoms with Gasteiger partial charge in [0.15, 0.2) is 22.8 Å². The number of aliphatic hydroxyl groups excluding tert-OH is 1. The molecule has 9 heteroatoms. The van der Waals surface area contributed by atoms with E-state index in [9.17, 15) is 19.1 Å². The van der Waals surface area contributed by atoms with Gasteiger partial charge in [-0.2, -0.15) is 0 Å². The van der Waals surface area contributed by atoms with Gasteiger partial charge in [0.05, 0.1) is 17.6 Å². The number of carbonyl (C=O) groups excluding carboxylic acids is 2. The number of fused-ring (bicyclic) bond motifs is 7. The summed E-state index contributed by atoms with van der Waals surface area (Å²) >= 11 is 9.49. The Morgan fingerprint density at radius 3 is 2.58 bits per heavy atom. The minimum Gasteiger partial charge on any atom is -0.390 e. The van der Waals surface area contributed by atoms with Gasteiger partial charge in [0.25, 0.3) is 0 Å². The third-order valence-electron chi connectivity index (χ3n) is 9.19. The van der Waals surface area contributed by atoms with Crippen LogP contribution in [0.5, 0.6) is 0 Å². The standard InChI is InChI=1S/C24H28BrClF2O5/c1-20(2)32-17-9-12-13-8-15(26)14-7-11(29)5-6-21(14,3)23(13,28)16(30)10-22(12,4)24(17,33-20)18(31)19(25)27/h5-7,12-13,15-17,19,30H,8-10H2,1-4H3/t12-,13-,15-,16-,17+,19?,21-,22-,23-,24-/m0/s1. The first kappa shape index (κ1) is 24.0. The molecular formula is C24H28BrClF2O5. The van der Waals surface area contributed by atoms with Crippen molar-refractivity contribution in [2.75, 3.05) is 0 Å². The van der Waals surface area contributed by atoms with Crippen LogP contribution in [0.1, 0.15) is 47.0 Å². The Morgan fingerprint density at radius 2 is 1.94 bits per heavy atom. The molecule has 1 N–H and O–H groups in total. The number of hydrogen-bond donors (Lipinski definition) is 1. The Morgan fingerprint density at radius 1 is 1.27 bits per heavy atom. The number of ether oxygens (including phenoxy) is 2. The van der Waals surface area contributed by atoms with Gasteiger partial charge in [0, 0.05) is 16.7 Å². The highest BCUT2D eigenvalue weighted by molar-refractivity contribution is 9.09. The summed E-state index contributed by atoms with van der Waals surface area (Å²) in [5.41, 5.74) is -5.73. The highest BCUT2D eigenvalue weighted by Crippen LogP contribution is 2.72. The number of Topliss-reactive ketones (excluding diaryl/α,β-unsaturated/α-hetero) is 1. The lowest BCUT2D eigenvalue weighted by molar-refractivity contribution is -0.245. The maximum absolute atomic E-state index is 17.3. The molecule has 1 aliphatic heterocycles. The minimum atomic E-state index is -2.13. The number of carbonyl (C=O) groups is 2. The van der Waals surface area contributed by atoms with Gasteiger partial charge < -0.3 is 14.6 Å². The largest absolute Gasteiger partial charge is 0.390 e. The monoisotopic (exact) mass is 548 g/mol. The van der Waals surface area contributed by atoms with E-state index in [1.165, 1.54) is 18.2 Å². The second-order valence-corrected chi connectivity index (χ2v) is 12.4. The number of aliphatic hydroxyl groups is 1. The molecule has 0 amide bonds. The maximum Gasteiger partial charge on any atom is 0.215 e. The molecule has 0 aromatic heterocycles. The summed E-state index contributed by atoms with van der Waals surface area (Å²) in [6, 6.07) is 0. The minimum absolute atomic E-state index is 0.121. The fourth-order valence-corrected chi connectivity index (χ4v) is 8.72. The van der Waals surface area contributed by atoms with Gasteiger partial charge in [-0.05, 0) is 79.6 Å². The summed E-state index contributed by atoms with van der Waals surface area (Å²) < 4.78 is 44.1. The lowest BCUT2D eigenvalue weighted by atomic mass is 9.44. The number of hydrogen-bond acceptors (Lipinski definition) is 5. The Bertz CT molecular complexity index is 999. The van der Waals surface area contributed by atoms with Gasteiger partial charge in [-0.1, -0.05) is 13.0 Å². The van der Waals surface area contributed by atoms with Crippen molar-refractivity contribution in [3.63, 3.8) is 0 Å². The third-order valence-corrected chi connectivity index (χ3v) is 10.0. The summed E-state index contributed by atoms with van der Waals surface area (Å²) in [4.78, 5) is 25.4. The number of alkyl halides is 4. The predicted octanol–water partition coefficient (Wildman–Crippen LogP) is 4.33. The van der Waals surface area contributed by atoms with Crippen molar-refractivity contribution in [2.45, 2.75) is 86.7 Å². The number of allylic oxidation sites excluding steroid dienone is 4. The molecule has 4 fully saturated rings. The summed E-state index contributed by atoms with van der Waals surface area (Å²) in [7, 11) is 0. The molecule has 3 saturated carbocycles. The summed E-state index contributed by atoms with van der Waals surface area (Å²) in [5.74, 6) is -3.43. The average molecular weight is 550 g/mol. The van der Waals surface area contributed by atoms with Crippen LogP contribution in [-0.4, -0.2) is 56.4 Å². The molecule has 0 spiro atoms. The van der Waals surface area contributed by atoms with Crippen LogP contribution in [0.25, 0.3) is 0 Å². The van der Waals surface area contributed by atoms with Crippen LogP contribution in [0.15, 0.2) is 23.8 Å². The molecule has 5 aliphatic rings. The molecule has 0 aromatic rings. The molecule has 0 bridgehead atoms. The van der Waals surface area contributed by atoms with Crippen molar-refractivity contribution in [1.82, 2.24) is 0 Å². The molecule has 0 radical (unpaired) electrons. The number of rotatable bonds is 2. The molecule has 1 unspecified atom stereocenters. The van der Waals surface area contributed by atoms with Crippen LogP contribution in [0, 0.1) is 22.7 Å². The highest BCUT2D eigenvalue weighted by Gasteiger charge is 2.81. The first-order valence-electron chi connectivity index (χ1n) is 11.3. The SMILES string of the molecule is CC1(C)O[C@@H]2C[C@H]3[C@@H]4C[C@H](Cl)C5=CC(=O)C=C[C@]5(C)[C@@]4(F)[C@@H](O)C[C@]3(C)[C@]2(C(=O)C(F)Br)O1. The first-order chi connectivity index (χ1) is 15.1. The molecule has 0 aromatic carbocycles. The topological polar surface area (TPSA) is 72.8 Å². The van der Waals surface area contributed by atoms with Crippen molar-refractivity contribution in [2.24, 2.45) is 22.7 Å². The van der Waals surface area contributed by atoms with E-state index < -0.39 is 68.2 Å². The Kier molecular flexibility index (Phi) is 5.07. The van der Waals surface area contributed by atoms with Crippen molar-refractivity contribution >= 4 is 39.1 Å². The van der Waals surface area contributed by atoms with E-state index >= 15 is 4.39 Å². The van der Waals surface area contributed by atoms with E-state index in [1.807, 2.05) is 0 Å². The fourth-order valence-electron chi connectivity index (χ4n) is 7.90. The van der Waals surface area contributed by atoms with Crippen LogP contribution in [-0.2, 0) is 19.1 Å². The van der Waals surface area contributed by atoms with Crippen LogP contribution >= 0.6 is 27.5 Å². The van der Waals surface area contributed by atoms with Gasteiger partial charge in [0.1, 0.15) is 0 Å². The van der Waals surface area contributed by atoms with Crippen molar-refractivity contribution in [1.29, 1.82) is 0 Å². The van der Waals surface area contributed by atoms with E-state index in [0.717, 1.165) is 0 Å². The van der Waals surface area contributed by atoms with Crippen LogP contribution in [0.3, 0.4) is 0 Å². The molecule has 1 saturated heterocycles. The quantitative estimate of drug-likeness (QED) is 0.519. The van der Waals surface area contributed by atoms with Gasteiger partial charge in [0.2, 0.25) is 10.9 Å². The molecule has 4 aliphatic carbocycles. The van der Waals surface area contributed by atoms with E-state index in [4.69, 9.17) is 21.1 Å². The first-order valence-corrected chi connectivity index (χ1v) is 12.7. The van der Waals surface area contributed by atoms with Crippen molar-refractivity contribution in [3.8, 4) is 0 Å². The molecule has 5 nitrogen and oxygen atoms in total. The second kappa shape index (κ2) is 6.96. The Balaban J connectivity index is 1.67. The zero-order chi connectivity index (χ0) is 24.4. The number of ketones is 2. The molecule has 33 heavy (non-hydrogen) atoms. The highest BCUT2D eigenvalue weighted by atomic mass is 79.9. The van der Waals surface area contributed by atoms with Crippen molar-refractivity contribution in [3.05, 3.63) is 23.8 Å². The zero-order valence-electron chi connectivity index (χ0n) is 18.9. The van der Waals surface area contributed by atoms with Gasteiger partial charge in [-0.3, -0.25) is 9.59 Å². The lowest BCUT2D eigenvalue weighted by Gasteiger charge is -2.63. The van der Waals surface area contributed by atoms with Crippen LogP contribution in [0.4, 0.5) is 8.78 Å². The summed E-state index contributed by atoms with van der Waals surface area (Å²) in [6.07, 6.45) is 2.24. The van der Waals surface area contributed by atoms with Crippen LogP contribution in [0.2, 0.25) is 0 Å². The van der Waals surface area contributed by atoms with Gasteiger partial charge in [-0.15, -0.1) is 11.6 Å². The summed E-state index contributed by atoms with van der Waals surface area (Å²) in [6.45, 7) is 6.76.